The van der Waals surface area contributed by atoms with Crippen molar-refractivity contribution in [2.45, 2.75) is 25.8 Å². The molecule has 0 aliphatic carbocycles. The van der Waals surface area contributed by atoms with Crippen molar-refractivity contribution in [1.82, 2.24) is 4.90 Å². The Morgan fingerprint density at radius 2 is 2.26 bits per heavy atom. The van der Waals surface area contributed by atoms with Gasteiger partial charge in [-0.2, -0.15) is 0 Å². The number of nitrogens with one attached hydrogen (secondary N) is 1. The van der Waals surface area contributed by atoms with Gasteiger partial charge in [-0.3, -0.25) is 4.79 Å². The van der Waals surface area contributed by atoms with Crippen LogP contribution in [0.1, 0.15) is 24.0 Å². The number of carbonyl (C=O) groups is 1. The first-order chi connectivity index (χ1) is 8.97. The molecule has 1 aliphatic rings. The summed E-state index contributed by atoms with van der Waals surface area (Å²) in [6.07, 6.45) is 1.43. The van der Waals surface area contributed by atoms with Crippen LogP contribution in [0, 0.1) is 6.92 Å². The molecule has 5 heteroatoms. The zero-order valence-electron chi connectivity index (χ0n) is 11.3. The molecular weight excluding hydrogens is 258 g/mol. The summed E-state index contributed by atoms with van der Waals surface area (Å²) in [6.45, 7) is 2.74. The maximum Gasteiger partial charge on any atom is 0.222 e. The van der Waals surface area contributed by atoms with Gasteiger partial charge < -0.3 is 16.0 Å². The van der Waals surface area contributed by atoms with Crippen LogP contribution in [-0.4, -0.2) is 35.4 Å². The standard InChI is InChI=1S/C14H19N3OS/c1-9-3-5-11(14(15)19)12(7-9)16-10-4-6-13(18)17(2)8-10/h3,5,7,10,16H,4,6,8H2,1-2H3,(H2,15,19). The number of nitrogens with zero attached hydrogens (tertiary/aromatic N) is 1. The fraction of sp³-hybridized carbons (Fsp3) is 0.429. The molecule has 1 fully saturated rings. The molecule has 4 nitrogen and oxygen atoms in total. The molecule has 1 amide bonds. The summed E-state index contributed by atoms with van der Waals surface area (Å²) in [5, 5.41) is 3.46. The SMILES string of the molecule is Cc1ccc(C(N)=S)c(NC2CCC(=O)N(C)C2)c1. The van der Waals surface area contributed by atoms with Crippen molar-refractivity contribution < 1.29 is 4.79 Å². The number of likely N-dealkylation sites (N-methyl/N-ethyl adjacent to an activating group) is 1. The lowest BCUT2D eigenvalue weighted by Crippen LogP contribution is -2.43. The van der Waals surface area contributed by atoms with Gasteiger partial charge in [0.15, 0.2) is 0 Å². The van der Waals surface area contributed by atoms with Gasteiger partial charge in [-0.05, 0) is 31.0 Å². The lowest BCUT2D eigenvalue weighted by Gasteiger charge is -2.31. The fourth-order valence-corrected chi connectivity index (χ4v) is 2.52. The highest BCUT2D eigenvalue weighted by Crippen LogP contribution is 2.21. The normalized spacial score (nSPS) is 19.4. The van der Waals surface area contributed by atoms with E-state index in [4.69, 9.17) is 18.0 Å². The average Bonchev–Trinajstić information content (AvgIpc) is 2.33. The number of hydrogen-bond acceptors (Lipinski definition) is 3. The van der Waals surface area contributed by atoms with E-state index in [1.165, 1.54) is 0 Å². The van der Waals surface area contributed by atoms with E-state index in [1.807, 2.05) is 32.2 Å². The molecule has 0 spiro atoms. The number of benzene rings is 1. The molecule has 3 N–H and O–H groups in total. The van der Waals surface area contributed by atoms with Gasteiger partial charge in [0.1, 0.15) is 4.99 Å². The Morgan fingerprint density at radius 3 is 2.89 bits per heavy atom. The topological polar surface area (TPSA) is 58.4 Å². The Labute approximate surface area is 119 Å². The smallest absolute Gasteiger partial charge is 0.222 e. The van der Waals surface area contributed by atoms with E-state index in [-0.39, 0.29) is 11.9 Å². The van der Waals surface area contributed by atoms with E-state index in [1.54, 1.807) is 4.90 Å². The second-order valence-corrected chi connectivity index (χ2v) is 5.51. The third-order valence-corrected chi connectivity index (χ3v) is 3.65. The van der Waals surface area contributed by atoms with Crippen LogP contribution >= 0.6 is 12.2 Å². The number of piperidine rings is 1. The van der Waals surface area contributed by atoms with Gasteiger partial charge in [0.2, 0.25) is 5.91 Å². The summed E-state index contributed by atoms with van der Waals surface area (Å²) < 4.78 is 0. The van der Waals surface area contributed by atoms with Gasteiger partial charge in [-0.15, -0.1) is 0 Å². The minimum absolute atomic E-state index is 0.205. The lowest BCUT2D eigenvalue weighted by molar-refractivity contribution is -0.132. The number of thiocarbonyl (C=S) groups is 1. The zero-order chi connectivity index (χ0) is 14.0. The number of likely N-dealkylation sites (tertiary alicyclic amines) is 1. The summed E-state index contributed by atoms with van der Waals surface area (Å²) >= 11 is 5.08. The van der Waals surface area contributed by atoms with E-state index >= 15 is 0 Å². The highest BCUT2D eigenvalue weighted by molar-refractivity contribution is 7.80. The maximum atomic E-state index is 11.5. The van der Waals surface area contributed by atoms with Crippen LogP contribution in [0.2, 0.25) is 0 Å². The molecule has 1 atom stereocenters. The molecule has 19 heavy (non-hydrogen) atoms. The number of aryl methyl sites for hydroxylation is 1. The predicted molar refractivity (Wildman–Crippen MR) is 81.3 cm³/mol. The van der Waals surface area contributed by atoms with Crippen LogP contribution in [-0.2, 0) is 4.79 Å². The van der Waals surface area contributed by atoms with Crippen molar-refractivity contribution in [2.24, 2.45) is 5.73 Å². The average molecular weight is 277 g/mol. The highest BCUT2D eigenvalue weighted by atomic mass is 32.1. The second kappa shape index (κ2) is 5.57. The third kappa shape index (κ3) is 3.23. The molecule has 2 rings (SSSR count). The Balaban J connectivity index is 2.16. The summed E-state index contributed by atoms with van der Waals surface area (Å²) in [4.78, 5) is 13.6. The summed E-state index contributed by atoms with van der Waals surface area (Å²) in [6, 6.07) is 6.23. The van der Waals surface area contributed by atoms with Crippen LogP contribution in [0.3, 0.4) is 0 Å². The molecule has 1 saturated heterocycles. The number of rotatable bonds is 3. The first kappa shape index (κ1) is 13.8. The Morgan fingerprint density at radius 1 is 1.53 bits per heavy atom. The quantitative estimate of drug-likeness (QED) is 0.825. The van der Waals surface area contributed by atoms with Gasteiger partial charge in [-0.1, -0.05) is 18.3 Å². The monoisotopic (exact) mass is 277 g/mol. The Bertz CT molecular complexity index is 515. The minimum atomic E-state index is 0.205. The van der Waals surface area contributed by atoms with Gasteiger partial charge in [0.25, 0.3) is 0 Å². The summed E-state index contributed by atoms with van der Waals surface area (Å²) in [5.41, 5.74) is 8.72. The van der Waals surface area contributed by atoms with E-state index in [9.17, 15) is 4.79 Å². The number of hydrogen-bond donors (Lipinski definition) is 2. The highest BCUT2D eigenvalue weighted by Gasteiger charge is 2.23. The van der Waals surface area contributed by atoms with Crippen LogP contribution in [0.4, 0.5) is 5.69 Å². The largest absolute Gasteiger partial charge is 0.389 e. The minimum Gasteiger partial charge on any atom is -0.389 e. The van der Waals surface area contributed by atoms with Crippen molar-refractivity contribution in [3.8, 4) is 0 Å². The van der Waals surface area contributed by atoms with Crippen molar-refractivity contribution in [1.29, 1.82) is 0 Å². The van der Waals surface area contributed by atoms with Gasteiger partial charge in [0.05, 0.1) is 0 Å². The van der Waals surface area contributed by atoms with Gasteiger partial charge >= 0.3 is 0 Å². The second-order valence-electron chi connectivity index (χ2n) is 5.07. The van der Waals surface area contributed by atoms with Crippen molar-refractivity contribution in [3.05, 3.63) is 29.3 Å². The lowest BCUT2D eigenvalue weighted by atomic mass is 10.0. The first-order valence-electron chi connectivity index (χ1n) is 6.38. The van der Waals surface area contributed by atoms with Gasteiger partial charge in [-0.25, -0.2) is 0 Å². The van der Waals surface area contributed by atoms with Crippen LogP contribution in [0.15, 0.2) is 18.2 Å². The molecule has 1 heterocycles. The van der Waals surface area contributed by atoms with E-state index < -0.39 is 0 Å². The van der Waals surface area contributed by atoms with Crippen LogP contribution in [0.25, 0.3) is 0 Å². The zero-order valence-corrected chi connectivity index (χ0v) is 12.1. The molecule has 102 valence electrons. The summed E-state index contributed by atoms with van der Waals surface area (Å²) in [5.74, 6) is 0.205. The van der Waals surface area contributed by atoms with E-state index in [0.29, 0.717) is 18.0 Å². The molecule has 1 unspecified atom stereocenters. The molecule has 0 aromatic heterocycles. The number of nitrogens with two attached hydrogens (primary N) is 1. The first-order valence-corrected chi connectivity index (χ1v) is 6.79. The van der Waals surface area contributed by atoms with Crippen LogP contribution in [0.5, 0.6) is 0 Å². The van der Waals surface area contributed by atoms with Crippen molar-refractivity contribution in [3.63, 3.8) is 0 Å². The Hall–Kier alpha value is -1.62. The molecule has 0 radical (unpaired) electrons. The van der Waals surface area contributed by atoms with Crippen LogP contribution < -0.4 is 11.1 Å². The van der Waals surface area contributed by atoms with Crippen molar-refractivity contribution in [2.75, 3.05) is 18.9 Å². The molecule has 1 aromatic rings. The third-order valence-electron chi connectivity index (χ3n) is 3.43. The number of amides is 1. The molecule has 0 bridgehead atoms. The molecule has 1 aliphatic heterocycles. The number of carbonyl (C=O) groups excluding carboxylic acids is 1. The van der Waals surface area contributed by atoms with Gasteiger partial charge in [0, 0.05) is 37.3 Å². The maximum absolute atomic E-state index is 11.5. The van der Waals surface area contributed by atoms with E-state index in [2.05, 4.69) is 5.32 Å². The summed E-state index contributed by atoms with van der Waals surface area (Å²) in [7, 11) is 1.83. The molecule has 0 saturated carbocycles. The van der Waals surface area contributed by atoms with E-state index in [0.717, 1.165) is 23.2 Å². The Kier molecular flexibility index (Phi) is 4.04. The fourth-order valence-electron chi connectivity index (χ4n) is 2.34. The molecule has 1 aromatic carbocycles. The van der Waals surface area contributed by atoms with Crippen molar-refractivity contribution >= 4 is 28.8 Å². The number of anilines is 1. The predicted octanol–water partition coefficient (Wildman–Crippen LogP) is 1.66. The molecular formula is C14H19N3OS.